The highest BCUT2D eigenvalue weighted by Gasteiger charge is 2.42. The van der Waals surface area contributed by atoms with Crippen molar-refractivity contribution < 1.29 is 26.4 Å². The van der Waals surface area contributed by atoms with E-state index >= 15 is 0 Å². The number of aromatic nitrogens is 1. The summed E-state index contributed by atoms with van der Waals surface area (Å²) < 4.78 is 53.5. The van der Waals surface area contributed by atoms with Gasteiger partial charge in [0.15, 0.2) is 5.78 Å². The smallest absolute Gasteiger partial charge is 0.394 e. The third kappa shape index (κ3) is 2.91. The normalized spacial score (nSPS) is 16.1. The summed E-state index contributed by atoms with van der Waals surface area (Å²) in [6, 6.07) is 10.9. The number of nitrogens with one attached hydrogen (secondary N) is 1. The van der Waals surface area contributed by atoms with Crippen LogP contribution in [0.1, 0.15) is 46.6 Å². The Morgan fingerprint density at radius 3 is 2.55 bits per heavy atom. The Kier molecular flexibility index (Phi) is 4.10. The van der Waals surface area contributed by atoms with Crippen LogP contribution in [0, 0.1) is 11.3 Å². The molecule has 0 fully saturated rings. The summed E-state index contributed by atoms with van der Waals surface area (Å²) in [6.45, 7) is 3.64. The molecule has 0 radical (unpaired) electrons. The predicted molar refractivity (Wildman–Crippen MR) is 99.8 cm³/mol. The Bertz CT molecular complexity index is 1250. The predicted octanol–water partition coefficient (Wildman–Crippen LogP) is 4.47. The number of nitrogens with zero attached hydrogens (tertiary/aromatic N) is 1. The number of H-pyrrole nitrogens is 1. The third-order valence-electron chi connectivity index (χ3n) is 5.05. The fraction of sp³-hybridized carbons (Fsp3) is 0.200. The van der Waals surface area contributed by atoms with E-state index in [1.165, 1.54) is 18.2 Å². The molecule has 0 aliphatic heterocycles. The van der Waals surface area contributed by atoms with Gasteiger partial charge in [-0.15, -0.1) is 0 Å². The molecule has 1 aliphatic carbocycles. The lowest BCUT2D eigenvalue weighted by Gasteiger charge is -2.32. The van der Waals surface area contributed by atoms with Crippen molar-refractivity contribution in [1.29, 1.82) is 5.26 Å². The molecule has 0 amide bonds. The highest BCUT2D eigenvalue weighted by atomic mass is 32.2. The lowest BCUT2D eigenvalue weighted by Crippen LogP contribution is -2.30. The maximum Gasteiger partial charge on any atom is 0.508 e. The zero-order chi connectivity index (χ0) is 21.1. The summed E-state index contributed by atoms with van der Waals surface area (Å²) in [5, 5.41) is 9.77. The van der Waals surface area contributed by atoms with Gasteiger partial charge >= 0.3 is 16.6 Å². The van der Waals surface area contributed by atoms with E-state index in [0.29, 0.717) is 38.9 Å². The first kappa shape index (κ1) is 19.2. The molecule has 0 bridgehead atoms. The van der Waals surface area contributed by atoms with Crippen molar-refractivity contribution in [2.75, 3.05) is 0 Å². The zero-order valence-corrected chi connectivity index (χ0v) is 16.0. The van der Waals surface area contributed by atoms with E-state index in [1.54, 1.807) is 18.2 Å². The summed E-state index contributed by atoms with van der Waals surface area (Å²) in [5.74, 6) is -0.527. The molecule has 1 atom stereocenters. The SMILES string of the molecule is CC1(C)c2cc(OS(=O)C(F)(F)F)ccc2C(=O)c2c1[nH]c1cc(C#N)ccc21. The van der Waals surface area contributed by atoms with E-state index in [1.807, 2.05) is 19.9 Å². The molecule has 3 aromatic rings. The van der Waals surface area contributed by atoms with Crippen LogP contribution in [-0.4, -0.2) is 20.5 Å². The number of carbonyl (C=O) groups is 1. The van der Waals surface area contributed by atoms with Crippen LogP contribution in [0.4, 0.5) is 13.2 Å². The monoisotopic (exact) mass is 418 g/mol. The van der Waals surface area contributed by atoms with Gasteiger partial charge in [-0.05, 0) is 35.9 Å². The zero-order valence-electron chi connectivity index (χ0n) is 15.2. The van der Waals surface area contributed by atoms with Crippen molar-refractivity contribution in [3.63, 3.8) is 0 Å². The van der Waals surface area contributed by atoms with Crippen LogP contribution in [0.3, 0.4) is 0 Å². The molecule has 9 heteroatoms. The van der Waals surface area contributed by atoms with Crippen LogP contribution in [0.25, 0.3) is 10.9 Å². The van der Waals surface area contributed by atoms with Crippen LogP contribution in [0.15, 0.2) is 36.4 Å². The molecule has 5 nitrogen and oxygen atoms in total. The topological polar surface area (TPSA) is 83.0 Å². The second-order valence-electron chi connectivity index (χ2n) is 7.17. The van der Waals surface area contributed by atoms with Crippen LogP contribution >= 0.6 is 0 Å². The van der Waals surface area contributed by atoms with E-state index in [9.17, 15) is 22.2 Å². The number of halogens is 3. The number of hydrogen-bond acceptors (Lipinski definition) is 4. The number of fused-ring (bicyclic) bond motifs is 4. The van der Waals surface area contributed by atoms with Gasteiger partial charge in [0.25, 0.3) is 0 Å². The van der Waals surface area contributed by atoms with Crippen molar-refractivity contribution in [2.45, 2.75) is 24.8 Å². The molecule has 0 saturated heterocycles. The Hall–Kier alpha value is -3.12. The quantitative estimate of drug-likeness (QED) is 0.666. The Balaban J connectivity index is 1.87. The van der Waals surface area contributed by atoms with Gasteiger partial charge < -0.3 is 9.17 Å². The van der Waals surface area contributed by atoms with Crippen molar-refractivity contribution >= 4 is 27.8 Å². The number of nitriles is 1. The molecule has 1 unspecified atom stereocenters. The second-order valence-corrected chi connectivity index (χ2v) is 8.27. The highest BCUT2D eigenvalue weighted by molar-refractivity contribution is 7.81. The molecule has 2 aromatic carbocycles. The van der Waals surface area contributed by atoms with Crippen LogP contribution in [0.2, 0.25) is 0 Å². The Morgan fingerprint density at radius 1 is 1.17 bits per heavy atom. The molecule has 1 aliphatic rings. The van der Waals surface area contributed by atoms with Crippen LogP contribution < -0.4 is 4.18 Å². The molecule has 1 aromatic heterocycles. The average molecular weight is 418 g/mol. The van der Waals surface area contributed by atoms with Gasteiger partial charge in [-0.3, -0.25) is 4.79 Å². The molecule has 0 spiro atoms. The van der Waals surface area contributed by atoms with Gasteiger partial charge in [0.05, 0.1) is 17.2 Å². The van der Waals surface area contributed by atoms with E-state index in [0.717, 1.165) is 0 Å². The summed E-state index contributed by atoms with van der Waals surface area (Å²) in [4.78, 5) is 16.3. The van der Waals surface area contributed by atoms with Crippen molar-refractivity contribution in [3.05, 3.63) is 64.3 Å². The molecule has 4 rings (SSSR count). The van der Waals surface area contributed by atoms with Crippen molar-refractivity contribution in [3.8, 4) is 11.8 Å². The minimum Gasteiger partial charge on any atom is -0.394 e. The molecule has 148 valence electrons. The van der Waals surface area contributed by atoms with Gasteiger partial charge in [0.2, 0.25) is 0 Å². The number of benzene rings is 2. The van der Waals surface area contributed by atoms with Gasteiger partial charge in [-0.25, -0.2) is 4.21 Å². The minimum atomic E-state index is -5.01. The van der Waals surface area contributed by atoms with Gasteiger partial charge in [-0.2, -0.15) is 18.4 Å². The fourth-order valence-electron chi connectivity index (χ4n) is 3.67. The minimum absolute atomic E-state index is 0.244. The van der Waals surface area contributed by atoms with E-state index in [2.05, 4.69) is 9.17 Å². The fourth-order valence-corrected chi connectivity index (χ4v) is 4.04. The van der Waals surface area contributed by atoms with Crippen LogP contribution in [0.5, 0.6) is 5.75 Å². The lowest BCUT2D eigenvalue weighted by atomic mass is 9.71. The Labute approximate surface area is 165 Å². The molecule has 1 N–H and O–H groups in total. The van der Waals surface area contributed by atoms with Crippen LogP contribution in [-0.2, 0) is 16.5 Å². The Morgan fingerprint density at radius 2 is 1.90 bits per heavy atom. The van der Waals surface area contributed by atoms with Gasteiger partial charge in [0.1, 0.15) is 5.75 Å². The van der Waals surface area contributed by atoms with Crippen molar-refractivity contribution in [2.24, 2.45) is 0 Å². The van der Waals surface area contributed by atoms with E-state index < -0.39 is 22.0 Å². The molecule has 0 saturated carbocycles. The lowest BCUT2D eigenvalue weighted by molar-refractivity contribution is -0.0437. The third-order valence-corrected chi connectivity index (χ3v) is 5.77. The molecular formula is C20H13F3N2O3S. The first-order chi connectivity index (χ1) is 13.5. The van der Waals surface area contributed by atoms with Gasteiger partial charge in [0, 0.05) is 27.6 Å². The standard InChI is InChI=1S/C20H13F3N2O3S/c1-19(2)14-8-11(28-29(27)20(21,22)23)4-6-12(14)17(26)16-13-5-3-10(9-24)7-15(13)25-18(16)19/h3-8,25H,1-2H3. The summed E-state index contributed by atoms with van der Waals surface area (Å²) in [6.07, 6.45) is 0. The van der Waals surface area contributed by atoms with Gasteiger partial charge in [-0.1, -0.05) is 19.9 Å². The van der Waals surface area contributed by atoms with E-state index in [-0.39, 0.29) is 11.5 Å². The number of ketones is 1. The number of hydrogen-bond donors (Lipinski definition) is 1. The maximum atomic E-state index is 13.2. The van der Waals surface area contributed by atoms with E-state index in [4.69, 9.17) is 5.26 Å². The maximum absolute atomic E-state index is 13.2. The van der Waals surface area contributed by atoms with Crippen molar-refractivity contribution in [1.82, 2.24) is 4.98 Å². The molecule has 29 heavy (non-hydrogen) atoms. The first-order valence-corrected chi connectivity index (χ1v) is 9.54. The highest BCUT2D eigenvalue weighted by Crippen LogP contribution is 2.44. The number of aromatic amines is 1. The number of carbonyl (C=O) groups excluding carboxylic acids is 1. The summed E-state index contributed by atoms with van der Waals surface area (Å²) >= 11 is -3.51. The second kappa shape index (κ2) is 6.19. The molecular weight excluding hydrogens is 405 g/mol. The number of rotatable bonds is 2. The summed E-state index contributed by atoms with van der Waals surface area (Å²) in [5.41, 5.74) is -2.88. The molecule has 1 heterocycles. The number of alkyl halides is 3. The average Bonchev–Trinajstić information content (AvgIpc) is 3.05. The largest absolute Gasteiger partial charge is 0.508 e. The first-order valence-electron chi connectivity index (χ1n) is 8.46. The summed E-state index contributed by atoms with van der Waals surface area (Å²) in [7, 11) is 0.